The van der Waals surface area contributed by atoms with Crippen molar-refractivity contribution < 1.29 is 13.8 Å². The third-order valence-electron chi connectivity index (χ3n) is 10.8. The zero-order chi connectivity index (χ0) is 42.2. The zero-order valence-corrected chi connectivity index (χ0v) is 37.3. The summed E-state index contributed by atoms with van der Waals surface area (Å²) in [4.78, 5) is 33.5. The molecule has 1 aliphatic carbocycles. The smallest absolute Gasteiger partial charge is 0.236 e. The SMILES string of the molecule is C=C(/C=C\C=C(\CNC)N(C)C)N1C2=NC(NC3=CCCC=C3)=NCCC2[C@]2(C)COC(C)(C)CC12.CC.CN1CCN(C)C(=O)C1.CNCc1cccc(C)n1.[HH].[HH].[HH]. The maximum Gasteiger partial charge on any atom is 0.236 e. The lowest BCUT2D eigenvalue weighted by molar-refractivity contribution is -0.134. The molecule has 1 amide bonds. The third kappa shape index (κ3) is 13.8. The Kier molecular flexibility index (Phi) is 18.9. The van der Waals surface area contributed by atoms with Gasteiger partial charge in [0.25, 0.3) is 0 Å². The molecule has 57 heavy (non-hydrogen) atoms. The van der Waals surface area contributed by atoms with Crippen LogP contribution in [0.2, 0.25) is 0 Å². The van der Waals surface area contributed by atoms with Crippen molar-refractivity contribution in [3.05, 3.63) is 89.7 Å². The number of likely N-dealkylation sites (N-methyl/N-ethyl adjacent to an activating group) is 4. The fraction of sp³-hybridized carbons (Fsp3) is 0.600. The van der Waals surface area contributed by atoms with E-state index in [1.165, 1.54) is 5.70 Å². The number of aromatic nitrogens is 1. The van der Waals surface area contributed by atoms with Crippen LogP contribution in [0.25, 0.3) is 0 Å². The number of carbonyl (C=O) groups excluding carboxylic acids is 1. The number of allylic oxidation sites excluding steroid dienone is 6. The van der Waals surface area contributed by atoms with Crippen molar-refractivity contribution in [3.8, 4) is 0 Å². The van der Waals surface area contributed by atoms with Crippen molar-refractivity contribution in [1.29, 1.82) is 0 Å². The molecule has 3 fully saturated rings. The molecule has 0 bridgehead atoms. The van der Waals surface area contributed by atoms with Crippen LogP contribution < -0.4 is 16.0 Å². The number of hydrogen-bond donors (Lipinski definition) is 3. The van der Waals surface area contributed by atoms with Gasteiger partial charge in [0.2, 0.25) is 11.9 Å². The van der Waals surface area contributed by atoms with Gasteiger partial charge in [-0.1, -0.05) is 51.6 Å². The Labute approximate surface area is 349 Å². The molecule has 322 valence electrons. The van der Waals surface area contributed by atoms with E-state index in [1.54, 1.807) is 4.90 Å². The van der Waals surface area contributed by atoms with Crippen LogP contribution in [0.5, 0.6) is 0 Å². The molecule has 1 aromatic rings. The first-order valence-electron chi connectivity index (χ1n) is 20.7. The first kappa shape index (κ1) is 47.3. The van der Waals surface area contributed by atoms with Crippen LogP contribution in [0.4, 0.5) is 0 Å². The van der Waals surface area contributed by atoms with Crippen LogP contribution in [0.15, 0.2) is 88.3 Å². The molecular formula is C45H80N10O2. The normalized spacial score (nSPS) is 24.2. The molecule has 6 rings (SSSR count). The molecule has 3 N–H and O–H groups in total. The number of ether oxygens (including phenoxy) is 1. The maximum absolute atomic E-state index is 10.9. The molecule has 3 atom stereocenters. The van der Waals surface area contributed by atoms with Crippen LogP contribution >= 0.6 is 0 Å². The largest absolute Gasteiger partial charge is 0.380 e. The van der Waals surface area contributed by atoms with Crippen molar-refractivity contribution in [3.63, 3.8) is 0 Å². The lowest BCUT2D eigenvalue weighted by atomic mass is 9.69. The Morgan fingerprint density at radius 3 is 2.49 bits per heavy atom. The van der Waals surface area contributed by atoms with E-state index < -0.39 is 0 Å². The number of guanidine groups is 1. The number of piperazine rings is 1. The van der Waals surface area contributed by atoms with E-state index in [4.69, 9.17) is 14.7 Å². The minimum atomic E-state index is -0.186. The number of amides is 1. The number of fused-ring (bicyclic) bond motifs is 3. The number of carbonyl (C=O) groups is 1. The van der Waals surface area contributed by atoms with Crippen LogP contribution in [0.3, 0.4) is 0 Å². The number of amidine groups is 1. The average molecular weight is 793 g/mol. The number of rotatable bonds is 9. The molecule has 0 aromatic carbocycles. The quantitative estimate of drug-likeness (QED) is 0.242. The zero-order valence-electron chi connectivity index (χ0n) is 37.3. The van der Waals surface area contributed by atoms with Crippen molar-refractivity contribution in [2.45, 2.75) is 85.4 Å². The predicted octanol–water partition coefficient (Wildman–Crippen LogP) is 6.47. The second-order valence-electron chi connectivity index (χ2n) is 16.2. The third-order valence-corrected chi connectivity index (χ3v) is 10.8. The van der Waals surface area contributed by atoms with Gasteiger partial charge in [-0.05, 0) is 98.0 Å². The summed E-state index contributed by atoms with van der Waals surface area (Å²) in [5.74, 6) is 2.25. The van der Waals surface area contributed by atoms with Crippen LogP contribution in [0.1, 0.15) is 76.0 Å². The van der Waals surface area contributed by atoms with Gasteiger partial charge < -0.3 is 35.4 Å². The monoisotopic (exact) mass is 793 g/mol. The highest BCUT2D eigenvalue weighted by Gasteiger charge is 2.59. The topological polar surface area (TPSA) is 113 Å². The lowest BCUT2D eigenvalue weighted by Gasteiger charge is -2.47. The Balaban J connectivity index is 0.00000119. The molecule has 0 spiro atoms. The minimum absolute atomic E-state index is 0. The van der Waals surface area contributed by atoms with Gasteiger partial charge >= 0.3 is 0 Å². The van der Waals surface area contributed by atoms with Crippen molar-refractivity contribution in [2.24, 2.45) is 21.3 Å². The highest BCUT2D eigenvalue weighted by atomic mass is 16.5. The molecule has 4 aliphatic heterocycles. The highest BCUT2D eigenvalue weighted by Crippen LogP contribution is 2.52. The van der Waals surface area contributed by atoms with Gasteiger partial charge in [-0.25, -0.2) is 0 Å². The first-order chi connectivity index (χ1) is 27.2. The van der Waals surface area contributed by atoms with E-state index in [9.17, 15) is 4.79 Å². The molecule has 5 heterocycles. The summed E-state index contributed by atoms with van der Waals surface area (Å²) in [5.41, 5.74) is 5.19. The maximum atomic E-state index is 10.9. The fourth-order valence-corrected chi connectivity index (χ4v) is 7.48. The number of nitrogens with one attached hydrogen (secondary N) is 3. The summed E-state index contributed by atoms with van der Waals surface area (Å²) < 4.78 is 6.39. The number of likely N-dealkylation sites (tertiary alicyclic amines) is 1. The van der Waals surface area contributed by atoms with Gasteiger partial charge in [0, 0.05) is 98.3 Å². The number of aryl methyl sites for hydroxylation is 1. The van der Waals surface area contributed by atoms with Crippen LogP contribution in [0, 0.1) is 18.3 Å². The van der Waals surface area contributed by atoms with E-state index in [0.717, 1.165) is 87.0 Å². The molecule has 1 aromatic heterocycles. The average Bonchev–Trinajstić information content (AvgIpc) is 3.26. The molecule has 3 saturated heterocycles. The number of nitrogens with zero attached hydrogens (tertiary/aromatic N) is 7. The van der Waals surface area contributed by atoms with E-state index >= 15 is 0 Å². The van der Waals surface area contributed by atoms with Gasteiger partial charge in [0.1, 0.15) is 5.84 Å². The second-order valence-corrected chi connectivity index (χ2v) is 16.2. The molecular weight excluding hydrogens is 713 g/mol. The van der Waals surface area contributed by atoms with Gasteiger partial charge in [-0.3, -0.25) is 19.7 Å². The van der Waals surface area contributed by atoms with E-state index in [2.05, 4.69) is 109 Å². The van der Waals surface area contributed by atoms with Gasteiger partial charge in [0.15, 0.2) is 0 Å². The summed E-state index contributed by atoms with van der Waals surface area (Å²) in [6.45, 7) is 22.9. The number of pyridine rings is 1. The standard InChI is InChI=1S/C29H44N6O.C8H12N2.C6H12N2O.C2H6.3H2/c1-21(12-11-15-23(19-30-5)34(6)7)35-25-18-28(2,3)36-20-29(25,4)24-16-17-31-27(33-26(24)35)32-22-13-9-8-10-14-22;1-7-4-3-5-8(10-7)6-9-2;1-7-3-4-8(2)6(9)5-7;1-2;;;/h9,11-15,24-25,30H,1,8,10,16-20H2,2-7H3,(H,31,32);3-5,9H,6H2,1-2H3;3-5H2,1-2H3;1-2H3;3*1H/b12-11-,23-15-;;;;;;/t24?,25?,29-;;;;;;/m0....../s1. The van der Waals surface area contributed by atoms with E-state index in [0.29, 0.717) is 19.1 Å². The Hall–Kier alpha value is -4.10. The molecule has 0 radical (unpaired) electrons. The summed E-state index contributed by atoms with van der Waals surface area (Å²) in [6, 6.07) is 6.31. The fourth-order valence-electron chi connectivity index (χ4n) is 7.48. The second kappa shape index (κ2) is 22.7. The predicted molar refractivity (Wildman–Crippen MR) is 244 cm³/mol. The van der Waals surface area contributed by atoms with Crippen LogP contribution in [-0.2, 0) is 16.1 Å². The van der Waals surface area contributed by atoms with Crippen molar-refractivity contribution in [1.82, 2.24) is 40.5 Å². The highest BCUT2D eigenvalue weighted by molar-refractivity contribution is 6.01. The molecule has 0 saturated carbocycles. The summed E-state index contributed by atoms with van der Waals surface area (Å²) in [5, 5.41) is 9.76. The number of hydrogen-bond acceptors (Lipinski definition) is 11. The Bertz CT molecular complexity index is 1680. The minimum Gasteiger partial charge on any atom is -0.380 e. The lowest BCUT2D eigenvalue weighted by Crippen LogP contribution is -2.52. The number of aliphatic imine (C=N–C) groups is 2. The van der Waals surface area contributed by atoms with Gasteiger partial charge in [-0.15, -0.1) is 0 Å². The van der Waals surface area contributed by atoms with Crippen molar-refractivity contribution in [2.75, 3.05) is 81.6 Å². The summed E-state index contributed by atoms with van der Waals surface area (Å²) in [6.07, 6.45) is 16.9. The summed E-state index contributed by atoms with van der Waals surface area (Å²) >= 11 is 0. The Morgan fingerprint density at radius 2 is 1.88 bits per heavy atom. The van der Waals surface area contributed by atoms with Crippen LogP contribution in [-0.4, -0.2) is 136 Å². The molecule has 12 heteroatoms. The Morgan fingerprint density at radius 1 is 1.12 bits per heavy atom. The summed E-state index contributed by atoms with van der Waals surface area (Å²) in [7, 11) is 11.8. The molecule has 12 nitrogen and oxygen atoms in total. The van der Waals surface area contributed by atoms with Crippen molar-refractivity contribution >= 4 is 17.7 Å². The first-order valence-corrected chi connectivity index (χ1v) is 20.7. The molecule has 2 unspecified atom stereocenters. The van der Waals surface area contributed by atoms with Gasteiger partial charge in [-0.2, -0.15) is 4.99 Å². The van der Waals surface area contributed by atoms with Gasteiger partial charge in [0.05, 0.1) is 24.4 Å². The van der Waals surface area contributed by atoms with E-state index in [1.807, 2.05) is 72.1 Å². The van der Waals surface area contributed by atoms with E-state index in [-0.39, 0.29) is 33.2 Å². The molecule has 5 aliphatic rings.